The summed E-state index contributed by atoms with van der Waals surface area (Å²) in [6.45, 7) is 3.65. The maximum Gasteiger partial charge on any atom is 0.254 e. The van der Waals surface area contributed by atoms with Gasteiger partial charge in [-0.05, 0) is 44.2 Å². The maximum absolute atomic E-state index is 13.5. The van der Waals surface area contributed by atoms with Gasteiger partial charge in [0.15, 0.2) is 0 Å². The molecule has 8 heteroatoms. The van der Waals surface area contributed by atoms with Gasteiger partial charge >= 0.3 is 0 Å². The molecule has 0 spiro atoms. The summed E-state index contributed by atoms with van der Waals surface area (Å²) in [5.41, 5.74) is 5.72. The first-order valence-electron chi connectivity index (χ1n) is 8.65. The highest BCUT2D eigenvalue weighted by Crippen LogP contribution is 2.19. The lowest BCUT2D eigenvalue weighted by Crippen LogP contribution is -2.45. The normalized spacial score (nSPS) is 18.0. The van der Waals surface area contributed by atoms with E-state index in [1.54, 1.807) is 0 Å². The molecule has 2 atom stereocenters. The van der Waals surface area contributed by atoms with Crippen LogP contribution in [0.3, 0.4) is 0 Å². The minimum absolute atomic E-state index is 0. The second kappa shape index (κ2) is 10.4. The number of halogens is 3. The summed E-state index contributed by atoms with van der Waals surface area (Å²) in [4.78, 5) is 25.9. The van der Waals surface area contributed by atoms with Gasteiger partial charge in [0, 0.05) is 38.2 Å². The molecule has 2 unspecified atom stereocenters. The zero-order valence-electron chi connectivity index (χ0n) is 14.8. The minimum atomic E-state index is -0.899. The number of nitrogens with one attached hydrogen (secondary N) is 1. The first-order valence-corrected chi connectivity index (χ1v) is 8.65. The Balaban J connectivity index is 0.00000338. The molecule has 146 valence electrons. The van der Waals surface area contributed by atoms with E-state index in [0.717, 1.165) is 31.5 Å². The van der Waals surface area contributed by atoms with Crippen LogP contribution in [0.25, 0.3) is 0 Å². The Morgan fingerprint density at radius 2 is 2.12 bits per heavy atom. The van der Waals surface area contributed by atoms with E-state index >= 15 is 0 Å². The third-order valence-corrected chi connectivity index (χ3v) is 4.58. The van der Waals surface area contributed by atoms with E-state index in [4.69, 9.17) is 5.73 Å². The lowest BCUT2D eigenvalue weighted by atomic mass is 9.92. The third kappa shape index (κ3) is 6.21. The van der Waals surface area contributed by atoms with Crippen molar-refractivity contribution >= 4 is 24.2 Å². The molecule has 1 aromatic rings. The van der Waals surface area contributed by atoms with Gasteiger partial charge in [0.05, 0.1) is 5.56 Å². The summed E-state index contributed by atoms with van der Waals surface area (Å²) in [5.74, 6) is -1.86. The van der Waals surface area contributed by atoms with E-state index in [2.05, 4.69) is 5.32 Å². The topological polar surface area (TPSA) is 75.4 Å². The molecule has 0 aliphatic carbocycles. The molecule has 0 bridgehead atoms. The van der Waals surface area contributed by atoms with Crippen molar-refractivity contribution in [3.05, 3.63) is 35.4 Å². The van der Waals surface area contributed by atoms with E-state index in [1.807, 2.05) is 11.8 Å². The molecule has 0 aromatic heterocycles. The van der Waals surface area contributed by atoms with E-state index in [9.17, 15) is 18.4 Å². The highest BCUT2D eigenvalue weighted by atomic mass is 35.5. The number of hydrogen-bond donors (Lipinski definition) is 2. The fraction of sp³-hybridized carbons (Fsp3) is 0.556. The van der Waals surface area contributed by atoms with Gasteiger partial charge in [-0.25, -0.2) is 8.78 Å². The molecule has 2 rings (SSSR count). The zero-order valence-corrected chi connectivity index (χ0v) is 15.7. The first kappa shape index (κ1) is 22.3. The van der Waals surface area contributed by atoms with Crippen molar-refractivity contribution in [1.29, 1.82) is 0 Å². The molecule has 1 aliphatic rings. The van der Waals surface area contributed by atoms with Crippen LogP contribution in [0, 0.1) is 17.6 Å². The van der Waals surface area contributed by atoms with Gasteiger partial charge in [-0.1, -0.05) is 0 Å². The van der Waals surface area contributed by atoms with Gasteiger partial charge in [-0.15, -0.1) is 12.4 Å². The van der Waals surface area contributed by atoms with E-state index in [0.29, 0.717) is 31.4 Å². The molecule has 1 fully saturated rings. The molecule has 0 saturated carbocycles. The van der Waals surface area contributed by atoms with Gasteiger partial charge in [0.1, 0.15) is 11.6 Å². The fourth-order valence-electron chi connectivity index (χ4n) is 3.03. The largest absolute Gasteiger partial charge is 0.352 e. The zero-order chi connectivity index (χ0) is 18.4. The molecule has 1 saturated heterocycles. The molecule has 1 aromatic carbocycles. The summed E-state index contributed by atoms with van der Waals surface area (Å²) in [6, 6.07) is 2.88. The Morgan fingerprint density at radius 1 is 1.38 bits per heavy atom. The van der Waals surface area contributed by atoms with Crippen LogP contribution in [0.5, 0.6) is 0 Å². The Labute approximate surface area is 158 Å². The Morgan fingerprint density at radius 3 is 2.77 bits per heavy atom. The van der Waals surface area contributed by atoms with Gasteiger partial charge in [0.2, 0.25) is 5.91 Å². The molecule has 2 amide bonds. The SMILES string of the molecule is CC(N)C1CCCN(C(=O)CCCNC(=O)c2ccc(F)cc2F)C1.Cl. The number of piperidine rings is 1. The summed E-state index contributed by atoms with van der Waals surface area (Å²) in [7, 11) is 0. The second-order valence-corrected chi connectivity index (χ2v) is 6.58. The number of hydrogen-bond acceptors (Lipinski definition) is 3. The van der Waals surface area contributed by atoms with Gasteiger partial charge in [0.25, 0.3) is 5.91 Å². The standard InChI is InChI=1S/C18H25F2N3O2.ClH/c1-12(21)13-4-3-9-23(11-13)17(24)5-2-8-22-18(25)15-7-6-14(19)10-16(15)20;/h6-7,10,12-13H,2-5,8-9,11,21H2,1H3,(H,22,25);1H. The van der Waals surface area contributed by atoms with Gasteiger partial charge < -0.3 is 16.0 Å². The smallest absolute Gasteiger partial charge is 0.254 e. The van der Waals surface area contributed by atoms with Crippen LogP contribution in [-0.4, -0.2) is 42.4 Å². The fourth-order valence-corrected chi connectivity index (χ4v) is 3.03. The van der Waals surface area contributed by atoms with Crippen LogP contribution in [-0.2, 0) is 4.79 Å². The lowest BCUT2D eigenvalue weighted by Gasteiger charge is -2.34. The number of carbonyl (C=O) groups excluding carboxylic acids is 2. The lowest BCUT2D eigenvalue weighted by molar-refractivity contribution is -0.133. The van der Waals surface area contributed by atoms with Crippen LogP contribution in [0.1, 0.15) is 43.0 Å². The predicted octanol–water partition coefficient (Wildman–Crippen LogP) is 2.48. The van der Waals surface area contributed by atoms with Crippen LogP contribution in [0.2, 0.25) is 0 Å². The second-order valence-electron chi connectivity index (χ2n) is 6.58. The number of rotatable bonds is 6. The summed E-state index contributed by atoms with van der Waals surface area (Å²) in [5, 5.41) is 2.55. The Kier molecular flexibility index (Phi) is 8.95. The van der Waals surface area contributed by atoms with Crippen molar-refractivity contribution in [3.8, 4) is 0 Å². The van der Waals surface area contributed by atoms with Crippen LogP contribution in [0.15, 0.2) is 18.2 Å². The van der Waals surface area contributed by atoms with Crippen molar-refractivity contribution in [3.63, 3.8) is 0 Å². The van der Waals surface area contributed by atoms with Crippen LogP contribution >= 0.6 is 12.4 Å². The van der Waals surface area contributed by atoms with Crippen molar-refractivity contribution < 1.29 is 18.4 Å². The number of likely N-dealkylation sites (tertiary alicyclic amines) is 1. The average Bonchev–Trinajstić information content (AvgIpc) is 2.58. The minimum Gasteiger partial charge on any atom is -0.352 e. The van der Waals surface area contributed by atoms with E-state index in [1.165, 1.54) is 0 Å². The van der Waals surface area contributed by atoms with Crippen molar-refractivity contribution in [2.75, 3.05) is 19.6 Å². The molecular formula is C18H26ClF2N3O2. The molecule has 3 N–H and O–H groups in total. The average molecular weight is 390 g/mol. The van der Waals surface area contributed by atoms with Gasteiger partial charge in [-0.2, -0.15) is 0 Å². The summed E-state index contributed by atoms with van der Waals surface area (Å²) < 4.78 is 26.3. The first-order chi connectivity index (χ1) is 11.9. The molecule has 26 heavy (non-hydrogen) atoms. The van der Waals surface area contributed by atoms with E-state index < -0.39 is 17.5 Å². The van der Waals surface area contributed by atoms with Crippen molar-refractivity contribution in [1.82, 2.24) is 10.2 Å². The third-order valence-electron chi connectivity index (χ3n) is 4.58. The quantitative estimate of drug-likeness (QED) is 0.734. The Hall–Kier alpha value is -1.73. The van der Waals surface area contributed by atoms with Crippen LogP contribution < -0.4 is 11.1 Å². The van der Waals surface area contributed by atoms with Crippen molar-refractivity contribution in [2.24, 2.45) is 11.7 Å². The molecule has 0 radical (unpaired) electrons. The number of benzene rings is 1. The summed E-state index contributed by atoms with van der Waals surface area (Å²) in [6.07, 6.45) is 2.78. The summed E-state index contributed by atoms with van der Waals surface area (Å²) >= 11 is 0. The number of nitrogens with zero attached hydrogens (tertiary/aromatic N) is 1. The monoisotopic (exact) mass is 389 g/mol. The molecule has 1 heterocycles. The maximum atomic E-state index is 13.5. The molecule has 1 aliphatic heterocycles. The number of amides is 2. The van der Waals surface area contributed by atoms with E-state index in [-0.39, 0.29) is 36.5 Å². The van der Waals surface area contributed by atoms with Gasteiger partial charge in [-0.3, -0.25) is 9.59 Å². The number of nitrogens with two attached hydrogens (primary N) is 1. The highest BCUT2D eigenvalue weighted by molar-refractivity contribution is 5.94. The molecule has 5 nitrogen and oxygen atoms in total. The predicted molar refractivity (Wildman–Crippen MR) is 98.1 cm³/mol. The Bertz CT molecular complexity index is 628. The van der Waals surface area contributed by atoms with Crippen molar-refractivity contribution in [2.45, 2.75) is 38.6 Å². The molecular weight excluding hydrogens is 364 g/mol. The highest BCUT2D eigenvalue weighted by Gasteiger charge is 2.25. The number of carbonyl (C=O) groups is 2. The van der Waals surface area contributed by atoms with Crippen LogP contribution in [0.4, 0.5) is 8.78 Å².